The second kappa shape index (κ2) is 4.19. The Morgan fingerprint density at radius 1 is 1.56 bits per heavy atom. The number of aromatic carboxylic acids is 1. The molecular weight excluding hydrogens is 210 g/mol. The molecule has 6 nitrogen and oxygen atoms in total. The lowest BCUT2D eigenvalue weighted by Gasteiger charge is -1.95. The molecule has 6 heteroatoms. The fourth-order valence-corrected chi connectivity index (χ4v) is 1.31. The van der Waals surface area contributed by atoms with E-state index >= 15 is 0 Å². The summed E-state index contributed by atoms with van der Waals surface area (Å²) >= 11 is 0. The van der Waals surface area contributed by atoms with Crippen molar-refractivity contribution in [3.63, 3.8) is 0 Å². The molecule has 16 heavy (non-hydrogen) atoms. The van der Waals surface area contributed by atoms with Crippen LogP contribution in [0, 0.1) is 0 Å². The molecule has 84 valence electrons. The van der Waals surface area contributed by atoms with E-state index in [1.54, 1.807) is 6.07 Å². The molecule has 0 aliphatic rings. The van der Waals surface area contributed by atoms with Crippen molar-refractivity contribution in [3.8, 4) is 0 Å². The van der Waals surface area contributed by atoms with Gasteiger partial charge < -0.3 is 20.6 Å². The molecule has 4 N–H and O–H groups in total. The van der Waals surface area contributed by atoms with E-state index < -0.39 is 5.97 Å². The number of nitrogens with two attached hydrogens (primary N) is 1. The summed E-state index contributed by atoms with van der Waals surface area (Å²) in [7, 11) is 0. The quantitative estimate of drug-likeness (QED) is 0.708. The molecule has 0 unspecified atom stereocenters. The standard InChI is InChI=1S/C10H11N3O3/c11-3-4-12-10-13-7-2-1-6(9(14)15)5-8(7)16-10/h1-2,5H,3-4,11H2,(H,12,13)(H,14,15). The number of nitrogens with zero attached hydrogens (tertiary/aromatic N) is 1. The first-order valence-electron chi connectivity index (χ1n) is 4.78. The lowest BCUT2D eigenvalue weighted by molar-refractivity contribution is 0.0697. The molecule has 2 aromatic rings. The van der Waals surface area contributed by atoms with E-state index in [1.165, 1.54) is 12.1 Å². The molecule has 0 aliphatic carbocycles. The van der Waals surface area contributed by atoms with Crippen LogP contribution in [-0.4, -0.2) is 29.1 Å². The highest BCUT2D eigenvalue weighted by Crippen LogP contribution is 2.19. The minimum absolute atomic E-state index is 0.175. The summed E-state index contributed by atoms with van der Waals surface area (Å²) in [6.07, 6.45) is 0. The van der Waals surface area contributed by atoms with Crippen molar-refractivity contribution in [2.24, 2.45) is 5.73 Å². The van der Waals surface area contributed by atoms with Gasteiger partial charge in [0.1, 0.15) is 5.52 Å². The monoisotopic (exact) mass is 221 g/mol. The number of aromatic nitrogens is 1. The predicted molar refractivity (Wildman–Crippen MR) is 58.5 cm³/mol. The topological polar surface area (TPSA) is 101 Å². The third-order valence-corrected chi connectivity index (χ3v) is 2.06. The van der Waals surface area contributed by atoms with Crippen LogP contribution in [0.25, 0.3) is 11.1 Å². The van der Waals surface area contributed by atoms with E-state index in [0.29, 0.717) is 30.2 Å². The Balaban J connectivity index is 2.34. The van der Waals surface area contributed by atoms with Crippen LogP contribution < -0.4 is 11.1 Å². The van der Waals surface area contributed by atoms with Gasteiger partial charge in [-0.15, -0.1) is 0 Å². The van der Waals surface area contributed by atoms with Crippen LogP contribution in [0.5, 0.6) is 0 Å². The molecule has 0 atom stereocenters. The van der Waals surface area contributed by atoms with Gasteiger partial charge in [-0.1, -0.05) is 0 Å². The van der Waals surface area contributed by atoms with E-state index in [-0.39, 0.29) is 5.56 Å². The zero-order chi connectivity index (χ0) is 11.5. The maximum Gasteiger partial charge on any atom is 0.335 e. The fraction of sp³-hybridized carbons (Fsp3) is 0.200. The van der Waals surface area contributed by atoms with E-state index in [1.807, 2.05) is 0 Å². The average molecular weight is 221 g/mol. The van der Waals surface area contributed by atoms with Crippen molar-refractivity contribution in [2.75, 3.05) is 18.4 Å². The highest BCUT2D eigenvalue weighted by atomic mass is 16.4. The Morgan fingerprint density at radius 3 is 3.06 bits per heavy atom. The Bertz CT molecular complexity index is 521. The number of hydrogen-bond donors (Lipinski definition) is 3. The van der Waals surface area contributed by atoms with Gasteiger partial charge >= 0.3 is 5.97 Å². The zero-order valence-electron chi connectivity index (χ0n) is 8.43. The number of oxazole rings is 1. The number of benzene rings is 1. The predicted octanol–water partition coefficient (Wildman–Crippen LogP) is 0.897. The summed E-state index contributed by atoms with van der Waals surface area (Å²) in [5.41, 5.74) is 6.56. The molecule has 0 radical (unpaired) electrons. The molecular formula is C10H11N3O3. The van der Waals surface area contributed by atoms with Gasteiger partial charge in [-0.25, -0.2) is 4.79 Å². The Kier molecular flexibility index (Phi) is 2.74. The van der Waals surface area contributed by atoms with Crippen LogP contribution in [0.15, 0.2) is 22.6 Å². The molecule has 1 aromatic carbocycles. The van der Waals surface area contributed by atoms with E-state index in [4.69, 9.17) is 15.3 Å². The Morgan fingerprint density at radius 2 is 2.38 bits per heavy atom. The summed E-state index contributed by atoms with van der Waals surface area (Å²) in [6, 6.07) is 4.89. The van der Waals surface area contributed by atoms with Crippen molar-refractivity contribution in [2.45, 2.75) is 0 Å². The van der Waals surface area contributed by atoms with Gasteiger partial charge in [-0.05, 0) is 18.2 Å². The van der Waals surface area contributed by atoms with Crippen LogP contribution in [0.1, 0.15) is 10.4 Å². The summed E-state index contributed by atoms with van der Waals surface area (Å²) in [5, 5.41) is 11.7. The number of carbonyl (C=O) groups is 1. The van der Waals surface area contributed by atoms with E-state index in [0.717, 1.165) is 0 Å². The molecule has 1 heterocycles. The summed E-state index contributed by atoms with van der Waals surface area (Å²) in [6.45, 7) is 1.03. The van der Waals surface area contributed by atoms with Crippen molar-refractivity contribution < 1.29 is 14.3 Å². The summed E-state index contributed by atoms with van der Waals surface area (Å²) in [5.74, 6) is -0.991. The van der Waals surface area contributed by atoms with E-state index in [9.17, 15) is 4.79 Å². The highest BCUT2D eigenvalue weighted by molar-refractivity contribution is 5.92. The lowest BCUT2D eigenvalue weighted by atomic mass is 10.2. The fourth-order valence-electron chi connectivity index (χ4n) is 1.31. The number of carboxylic acids is 1. The molecule has 2 rings (SSSR count). The smallest absolute Gasteiger partial charge is 0.335 e. The van der Waals surface area contributed by atoms with E-state index in [2.05, 4.69) is 10.3 Å². The number of carboxylic acid groups (broad SMARTS) is 1. The number of fused-ring (bicyclic) bond motifs is 1. The van der Waals surface area contributed by atoms with Gasteiger partial charge in [0.05, 0.1) is 5.56 Å². The SMILES string of the molecule is NCCNc1nc2ccc(C(=O)O)cc2o1. The van der Waals surface area contributed by atoms with Crippen LogP contribution in [0.2, 0.25) is 0 Å². The molecule has 0 saturated heterocycles. The van der Waals surface area contributed by atoms with Crippen LogP contribution in [-0.2, 0) is 0 Å². The van der Waals surface area contributed by atoms with Crippen molar-refractivity contribution in [1.82, 2.24) is 4.98 Å². The second-order valence-electron chi connectivity index (χ2n) is 3.22. The summed E-state index contributed by atoms with van der Waals surface area (Å²) in [4.78, 5) is 14.9. The number of rotatable bonds is 4. The van der Waals surface area contributed by atoms with Crippen molar-refractivity contribution in [1.29, 1.82) is 0 Å². The second-order valence-corrected chi connectivity index (χ2v) is 3.22. The average Bonchev–Trinajstić information content (AvgIpc) is 2.67. The zero-order valence-corrected chi connectivity index (χ0v) is 8.43. The Labute approximate surface area is 91.1 Å². The van der Waals surface area contributed by atoms with Crippen LogP contribution in [0.4, 0.5) is 6.01 Å². The highest BCUT2D eigenvalue weighted by Gasteiger charge is 2.08. The van der Waals surface area contributed by atoms with Crippen LogP contribution in [0.3, 0.4) is 0 Å². The lowest BCUT2D eigenvalue weighted by Crippen LogP contribution is -2.13. The third kappa shape index (κ3) is 1.96. The van der Waals surface area contributed by atoms with Gasteiger partial charge in [-0.2, -0.15) is 4.98 Å². The van der Waals surface area contributed by atoms with Crippen molar-refractivity contribution in [3.05, 3.63) is 23.8 Å². The van der Waals surface area contributed by atoms with Gasteiger partial charge in [-0.3, -0.25) is 0 Å². The number of hydrogen-bond acceptors (Lipinski definition) is 5. The molecule has 0 bridgehead atoms. The largest absolute Gasteiger partial charge is 0.478 e. The normalized spacial score (nSPS) is 10.6. The number of anilines is 1. The molecule has 0 spiro atoms. The maximum atomic E-state index is 10.7. The molecule has 0 aliphatic heterocycles. The van der Waals surface area contributed by atoms with Crippen molar-refractivity contribution >= 4 is 23.1 Å². The van der Waals surface area contributed by atoms with Crippen LogP contribution >= 0.6 is 0 Å². The minimum atomic E-state index is -0.991. The van der Waals surface area contributed by atoms with Gasteiger partial charge in [0.2, 0.25) is 0 Å². The van der Waals surface area contributed by atoms with Gasteiger partial charge in [0.25, 0.3) is 6.01 Å². The number of nitrogens with one attached hydrogen (secondary N) is 1. The first kappa shape index (κ1) is 10.4. The molecule has 0 saturated carbocycles. The van der Waals surface area contributed by atoms with Gasteiger partial charge in [0, 0.05) is 13.1 Å². The Hall–Kier alpha value is -2.08. The molecule has 0 fully saturated rings. The molecule has 0 amide bonds. The molecule has 1 aromatic heterocycles. The maximum absolute atomic E-state index is 10.7. The minimum Gasteiger partial charge on any atom is -0.478 e. The van der Waals surface area contributed by atoms with Gasteiger partial charge in [0.15, 0.2) is 5.58 Å². The summed E-state index contributed by atoms with van der Waals surface area (Å²) < 4.78 is 5.32. The first-order valence-corrected chi connectivity index (χ1v) is 4.78. The third-order valence-electron chi connectivity index (χ3n) is 2.06. The first-order chi connectivity index (χ1) is 7.70.